The smallest absolute Gasteiger partial charge is 0.411 e. The minimum absolute atomic E-state index is 0.0512. The fourth-order valence-electron chi connectivity index (χ4n) is 2.83. The summed E-state index contributed by atoms with van der Waals surface area (Å²) in [5, 5.41) is 4.40. The Morgan fingerprint density at radius 2 is 2.12 bits per heavy atom. The molecule has 5 nitrogen and oxygen atoms in total. The van der Waals surface area contributed by atoms with Crippen LogP contribution >= 0.6 is 11.6 Å². The number of rotatable bonds is 1. The number of halogens is 4. The monoisotopic (exact) mass is 386 g/mol. The molecule has 138 valence electrons. The molecule has 1 saturated carbocycles. The zero-order valence-electron chi connectivity index (χ0n) is 13.5. The Balaban J connectivity index is 2.27. The summed E-state index contributed by atoms with van der Waals surface area (Å²) in [6.07, 6.45) is -4.73. The highest BCUT2D eigenvalue weighted by molar-refractivity contribution is 6.30. The highest BCUT2D eigenvalue weighted by Crippen LogP contribution is 2.49. The second-order valence-electron chi connectivity index (χ2n) is 6.10. The van der Waals surface area contributed by atoms with Crippen LogP contribution in [-0.2, 0) is 14.9 Å². The van der Waals surface area contributed by atoms with Gasteiger partial charge in [0.25, 0.3) is 0 Å². The van der Waals surface area contributed by atoms with Crippen molar-refractivity contribution in [1.29, 1.82) is 0 Å². The number of amides is 2. The van der Waals surface area contributed by atoms with E-state index in [-0.39, 0.29) is 22.2 Å². The van der Waals surface area contributed by atoms with Crippen molar-refractivity contribution in [3.63, 3.8) is 0 Å². The molecule has 26 heavy (non-hydrogen) atoms. The number of alkyl carbamates (subject to hydrolysis) is 1. The van der Waals surface area contributed by atoms with Gasteiger partial charge < -0.3 is 15.4 Å². The lowest BCUT2D eigenvalue weighted by atomic mass is 9.70. The molecular weight excluding hydrogens is 373 g/mol. The van der Waals surface area contributed by atoms with E-state index in [0.717, 1.165) is 13.2 Å². The van der Waals surface area contributed by atoms with Crippen molar-refractivity contribution in [2.75, 3.05) is 12.4 Å². The van der Waals surface area contributed by atoms with Crippen molar-refractivity contribution in [3.05, 3.63) is 28.8 Å². The Labute approximate surface area is 152 Å². The zero-order valence-corrected chi connectivity index (χ0v) is 14.3. The van der Waals surface area contributed by atoms with Crippen LogP contribution in [0.4, 0.5) is 23.7 Å². The van der Waals surface area contributed by atoms with Crippen LogP contribution in [0.2, 0.25) is 5.02 Å². The standard InChI is InChI=1S/C17H14ClF3N2O3/c1-26-15(25)23-13-14(24)22-12-5-4-10(18)8-11(12)16(13,17(19,20)21)7-6-9-2-3-9/h4-5,8-9,13H,2-3H2,1H3,(H,22,24)(H,23,25)/t13-,16-/m0/s1. The van der Waals surface area contributed by atoms with E-state index >= 15 is 0 Å². The van der Waals surface area contributed by atoms with Gasteiger partial charge in [-0.3, -0.25) is 4.79 Å². The van der Waals surface area contributed by atoms with Crippen LogP contribution in [0.15, 0.2) is 18.2 Å². The van der Waals surface area contributed by atoms with Gasteiger partial charge in [0.15, 0.2) is 5.41 Å². The zero-order chi connectivity index (χ0) is 19.1. The molecule has 1 heterocycles. The first kappa shape index (κ1) is 18.4. The summed E-state index contributed by atoms with van der Waals surface area (Å²) >= 11 is 5.91. The fraction of sp³-hybridized carbons (Fsp3) is 0.412. The second-order valence-corrected chi connectivity index (χ2v) is 6.53. The molecule has 1 aliphatic carbocycles. The van der Waals surface area contributed by atoms with Crippen molar-refractivity contribution < 1.29 is 27.5 Å². The minimum atomic E-state index is -4.96. The summed E-state index contributed by atoms with van der Waals surface area (Å²) in [6, 6.07) is 1.73. The number of carbonyl (C=O) groups excluding carboxylic acids is 2. The highest BCUT2D eigenvalue weighted by Gasteiger charge is 2.65. The number of anilines is 1. The van der Waals surface area contributed by atoms with Gasteiger partial charge in [0.05, 0.1) is 7.11 Å². The number of ether oxygens (including phenoxy) is 1. The molecule has 9 heteroatoms. The van der Waals surface area contributed by atoms with Crippen molar-refractivity contribution in [2.24, 2.45) is 5.92 Å². The molecule has 2 aliphatic rings. The van der Waals surface area contributed by atoms with Gasteiger partial charge >= 0.3 is 12.3 Å². The Morgan fingerprint density at radius 1 is 1.42 bits per heavy atom. The lowest BCUT2D eigenvalue weighted by Crippen LogP contribution is -2.64. The normalized spacial score (nSPS) is 24.7. The number of carbonyl (C=O) groups is 2. The Hall–Kier alpha value is -2.40. The van der Waals surface area contributed by atoms with Gasteiger partial charge in [-0.05, 0) is 31.0 Å². The maximum absolute atomic E-state index is 14.3. The van der Waals surface area contributed by atoms with E-state index in [0.29, 0.717) is 12.8 Å². The lowest BCUT2D eigenvalue weighted by Gasteiger charge is -2.42. The van der Waals surface area contributed by atoms with Gasteiger partial charge in [0.2, 0.25) is 5.91 Å². The van der Waals surface area contributed by atoms with Crippen molar-refractivity contribution in [2.45, 2.75) is 30.5 Å². The Bertz CT molecular complexity index is 827. The topological polar surface area (TPSA) is 67.4 Å². The third-order valence-electron chi connectivity index (χ3n) is 4.31. The predicted octanol–water partition coefficient (Wildman–Crippen LogP) is 3.23. The van der Waals surface area contributed by atoms with Crippen molar-refractivity contribution >= 4 is 29.3 Å². The van der Waals surface area contributed by atoms with Crippen LogP contribution in [0.5, 0.6) is 0 Å². The molecule has 0 bridgehead atoms. The predicted molar refractivity (Wildman–Crippen MR) is 87.6 cm³/mol. The molecule has 0 aromatic heterocycles. The summed E-state index contributed by atoms with van der Waals surface area (Å²) in [4.78, 5) is 24.0. The van der Waals surface area contributed by atoms with E-state index in [1.165, 1.54) is 12.1 Å². The summed E-state index contributed by atoms with van der Waals surface area (Å²) < 4.78 is 47.4. The van der Waals surface area contributed by atoms with Crippen molar-refractivity contribution in [1.82, 2.24) is 5.32 Å². The third kappa shape index (κ3) is 3.07. The molecule has 1 aromatic rings. The number of benzene rings is 1. The third-order valence-corrected chi connectivity index (χ3v) is 4.54. The van der Waals surface area contributed by atoms with E-state index in [4.69, 9.17) is 11.6 Å². The molecule has 1 aromatic carbocycles. The van der Waals surface area contributed by atoms with E-state index in [1.54, 1.807) is 0 Å². The van der Waals surface area contributed by atoms with E-state index < -0.39 is 29.6 Å². The molecule has 1 fully saturated rings. The molecule has 0 unspecified atom stereocenters. The first-order valence-corrected chi connectivity index (χ1v) is 8.11. The first-order chi connectivity index (χ1) is 12.2. The second kappa shape index (κ2) is 6.40. The molecule has 0 saturated heterocycles. The number of hydrogen-bond acceptors (Lipinski definition) is 3. The molecular formula is C17H14ClF3N2O3. The maximum atomic E-state index is 14.3. The van der Waals surface area contributed by atoms with Crippen LogP contribution in [0, 0.1) is 17.8 Å². The number of fused-ring (bicyclic) bond motifs is 1. The number of methoxy groups -OCH3 is 1. The van der Waals surface area contributed by atoms with Gasteiger partial charge in [0.1, 0.15) is 6.04 Å². The SMILES string of the molecule is COC(=O)N[C@H]1C(=O)Nc2ccc(Cl)cc2[C@]1(C#CC1CC1)C(F)(F)F. The first-order valence-electron chi connectivity index (χ1n) is 7.74. The van der Waals surface area contributed by atoms with Crippen LogP contribution in [0.25, 0.3) is 0 Å². The van der Waals surface area contributed by atoms with Crippen LogP contribution in [-0.4, -0.2) is 31.3 Å². The summed E-state index contributed by atoms with van der Waals surface area (Å²) in [5.74, 6) is 3.67. The van der Waals surface area contributed by atoms with Gasteiger partial charge in [-0.1, -0.05) is 23.4 Å². The van der Waals surface area contributed by atoms with Crippen molar-refractivity contribution in [3.8, 4) is 11.8 Å². The summed E-state index contributed by atoms with van der Waals surface area (Å²) in [7, 11) is 0.992. The van der Waals surface area contributed by atoms with Gasteiger partial charge in [-0.25, -0.2) is 4.79 Å². The van der Waals surface area contributed by atoms with E-state index in [1.807, 2.05) is 5.32 Å². The van der Waals surface area contributed by atoms with Crippen LogP contribution in [0.1, 0.15) is 18.4 Å². The van der Waals surface area contributed by atoms with Crippen LogP contribution < -0.4 is 10.6 Å². The number of hydrogen-bond donors (Lipinski definition) is 2. The Morgan fingerprint density at radius 3 is 2.69 bits per heavy atom. The highest BCUT2D eigenvalue weighted by atomic mass is 35.5. The van der Waals surface area contributed by atoms with Crippen LogP contribution in [0.3, 0.4) is 0 Å². The number of nitrogens with one attached hydrogen (secondary N) is 2. The van der Waals surface area contributed by atoms with E-state index in [2.05, 4.69) is 21.9 Å². The lowest BCUT2D eigenvalue weighted by molar-refractivity contribution is -0.183. The molecule has 0 radical (unpaired) electrons. The molecule has 2 amide bonds. The average molecular weight is 387 g/mol. The van der Waals surface area contributed by atoms with Gasteiger partial charge in [-0.15, -0.1) is 0 Å². The maximum Gasteiger partial charge on any atom is 0.411 e. The summed E-state index contributed by atoms with van der Waals surface area (Å²) in [6.45, 7) is 0. The molecule has 1 aliphatic heterocycles. The molecule has 3 rings (SSSR count). The summed E-state index contributed by atoms with van der Waals surface area (Å²) in [5.41, 5.74) is -3.30. The molecule has 0 spiro atoms. The molecule has 2 atom stereocenters. The van der Waals surface area contributed by atoms with Gasteiger partial charge in [-0.2, -0.15) is 13.2 Å². The van der Waals surface area contributed by atoms with Gasteiger partial charge in [0, 0.05) is 22.2 Å². The Kier molecular flexibility index (Phi) is 4.53. The van der Waals surface area contributed by atoms with E-state index in [9.17, 15) is 22.8 Å². The average Bonchev–Trinajstić information content (AvgIpc) is 3.38. The largest absolute Gasteiger partial charge is 0.453 e. The molecule has 2 N–H and O–H groups in total. The fourth-order valence-corrected chi connectivity index (χ4v) is 3.00. The number of alkyl halides is 3. The quantitative estimate of drug-likeness (QED) is 0.728. The minimum Gasteiger partial charge on any atom is -0.453 e.